The monoisotopic (exact) mass is 332 g/mol. The number of thiophene rings is 2. The molecule has 0 aliphatic heterocycles. The maximum Gasteiger partial charge on any atom is 0.349 e. The molecule has 6 heteroatoms. The van der Waals surface area contributed by atoms with Crippen molar-refractivity contribution >= 4 is 44.6 Å². The van der Waals surface area contributed by atoms with E-state index in [-0.39, 0.29) is 4.88 Å². The van der Waals surface area contributed by atoms with Gasteiger partial charge < -0.3 is 9.84 Å². The van der Waals surface area contributed by atoms with Gasteiger partial charge in [0.05, 0.1) is 4.88 Å². The van der Waals surface area contributed by atoms with Crippen LogP contribution in [0.1, 0.15) is 19.4 Å². The highest BCUT2D eigenvalue weighted by Gasteiger charge is 2.15. The summed E-state index contributed by atoms with van der Waals surface area (Å²) in [5.41, 5.74) is 0. The molecular weight excluding hydrogens is 324 g/mol. The third-order valence-corrected chi connectivity index (χ3v) is 4.98. The zero-order valence-electron chi connectivity index (χ0n) is 8.90. The normalized spacial score (nSPS) is 10.5. The van der Waals surface area contributed by atoms with E-state index in [2.05, 4.69) is 15.9 Å². The third-order valence-electron chi connectivity index (χ3n) is 2.07. The minimum Gasteiger partial charge on any atom is -0.486 e. The number of carbonyl (C=O) groups is 1. The second kappa shape index (κ2) is 5.20. The summed E-state index contributed by atoms with van der Waals surface area (Å²) in [6, 6.07) is 3.70. The van der Waals surface area contributed by atoms with Crippen LogP contribution in [0, 0.1) is 6.92 Å². The Morgan fingerprint density at radius 3 is 2.94 bits per heavy atom. The van der Waals surface area contributed by atoms with E-state index < -0.39 is 5.97 Å². The van der Waals surface area contributed by atoms with Crippen LogP contribution in [0.15, 0.2) is 22.0 Å². The number of halogens is 1. The van der Waals surface area contributed by atoms with Crippen molar-refractivity contribution in [1.82, 2.24) is 0 Å². The first-order chi connectivity index (χ1) is 8.08. The van der Waals surface area contributed by atoms with Gasteiger partial charge in [-0.1, -0.05) is 0 Å². The molecule has 3 nitrogen and oxygen atoms in total. The predicted molar refractivity (Wildman–Crippen MR) is 72.4 cm³/mol. The van der Waals surface area contributed by atoms with Crippen molar-refractivity contribution in [2.75, 3.05) is 0 Å². The van der Waals surface area contributed by atoms with Crippen LogP contribution in [0.3, 0.4) is 0 Å². The van der Waals surface area contributed by atoms with Crippen LogP contribution in [0.2, 0.25) is 0 Å². The SMILES string of the molecule is Cc1cc(OCc2sccc2Br)c(C(=O)O)s1. The van der Waals surface area contributed by atoms with Crippen LogP contribution in [0.25, 0.3) is 0 Å². The van der Waals surface area contributed by atoms with Gasteiger partial charge in [0, 0.05) is 9.35 Å². The zero-order valence-corrected chi connectivity index (χ0v) is 12.1. The number of hydrogen-bond donors (Lipinski definition) is 1. The van der Waals surface area contributed by atoms with E-state index in [0.29, 0.717) is 12.4 Å². The first-order valence-electron chi connectivity index (χ1n) is 4.76. The Morgan fingerprint density at radius 1 is 1.59 bits per heavy atom. The second-order valence-electron chi connectivity index (χ2n) is 3.34. The highest BCUT2D eigenvalue weighted by molar-refractivity contribution is 9.10. The topological polar surface area (TPSA) is 46.5 Å². The average molecular weight is 333 g/mol. The minimum atomic E-state index is -0.941. The standard InChI is InChI=1S/C11H9BrO3S2/c1-6-4-8(10(17-6)11(13)14)15-5-9-7(12)2-3-16-9/h2-4H,5H2,1H3,(H,13,14). The Labute approximate surface area is 115 Å². The van der Waals surface area contributed by atoms with Gasteiger partial charge in [0.25, 0.3) is 0 Å². The number of aromatic carboxylic acids is 1. The predicted octanol–water partition coefficient (Wildman–Crippen LogP) is 4.16. The summed E-state index contributed by atoms with van der Waals surface area (Å²) in [5, 5.41) is 11.0. The van der Waals surface area contributed by atoms with E-state index in [4.69, 9.17) is 9.84 Å². The van der Waals surface area contributed by atoms with E-state index >= 15 is 0 Å². The Balaban J connectivity index is 2.14. The maximum absolute atomic E-state index is 11.0. The summed E-state index contributed by atoms with van der Waals surface area (Å²) < 4.78 is 6.55. The van der Waals surface area contributed by atoms with Crippen LogP contribution < -0.4 is 4.74 Å². The third kappa shape index (κ3) is 2.88. The quantitative estimate of drug-likeness (QED) is 0.914. The lowest BCUT2D eigenvalue weighted by Crippen LogP contribution is -1.99. The van der Waals surface area contributed by atoms with E-state index in [0.717, 1.165) is 14.2 Å². The smallest absolute Gasteiger partial charge is 0.349 e. The summed E-state index contributed by atoms with van der Waals surface area (Å²) >= 11 is 6.21. The Bertz CT molecular complexity index is 545. The molecule has 1 N–H and O–H groups in total. The molecule has 2 rings (SSSR count). The van der Waals surface area contributed by atoms with E-state index in [1.54, 1.807) is 17.4 Å². The molecule has 0 bridgehead atoms. The van der Waals surface area contributed by atoms with Gasteiger partial charge in [0.15, 0.2) is 4.88 Å². The number of aryl methyl sites for hydroxylation is 1. The van der Waals surface area contributed by atoms with Crippen LogP contribution in [-0.4, -0.2) is 11.1 Å². The van der Waals surface area contributed by atoms with Gasteiger partial charge in [-0.05, 0) is 40.4 Å². The zero-order chi connectivity index (χ0) is 12.4. The molecule has 17 heavy (non-hydrogen) atoms. The molecule has 0 aliphatic rings. The summed E-state index contributed by atoms with van der Waals surface area (Å²) in [4.78, 5) is 13.2. The molecule has 0 atom stereocenters. The number of ether oxygens (including phenoxy) is 1. The van der Waals surface area contributed by atoms with E-state index in [1.807, 2.05) is 18.4 Å². The summed E-state index contributed by atoms with van der Waals surface area (Å²) in [7, 11) is 0. The molecule has 0 aliphatic carbocycles. The van der Waals surface area contributed by atoms with E-state index in [9.17, 15) is 4.79 Å². The van der Waals surface area contributed by atoms with Crippen molar-refractivity contribution in [2.24, 2.45) is 0 Å². The number of hydrogen-bond acceptors (Lipinski definition) is 4. The summed E-state index contributed by atoms with van der Waals surface area (Å²) in [6.45, 7) is 2.25. The molecule has 0 amide bonds. The van der Waals surface area contributed by atoms with Gasteiger partial charge in [-0.15, -0.1) is 22.7 Å². The van der Waals surface area contributed by atoms with Crippen molar-refractivity contribution in [2.45, 2.75) is 13.5 Å². The molecule has 0 saturated carbocycles. The fraction of sp³-hybridized carbons (Fsp3) is 0.182. The Kier molecular flexibility index (Phi) is 3.86. The van der Waals surface area contributed by atoms with Gasteiger partial charge in [0.2, 0.25) is 0 Å². The molecule has 0 unspecified atom stereocenters. The molecular formula is C11H9BrO3S2. The molecule has 0 radical (unpaired) electrons. The molecule has 2 aromatic rings. The number of carboxylic acids is 1. The lowest BCUT2D eigenvalue weighted by Gasteiger charge is -2.03. The molecule has 0 aromatic carbocycles. The van der Waals surface area contributed by atoms with Gasteiger partial charge in [0.1, 0.15) is 12.4 Å². The lowest BCUT2D eigenvalue weighted by atomic mass is 10.4. The minimum absolute atomic E-state index is 0.259. The molecule has 0 spiro atoms. The first kappa shape index (κ1) is 12.6. The molecule has 0 saturated heterocycles. The molecule has 2 heterocycles. The van der Waals surface area contributed by atoms with Crippen molar-refractivity contribution in [1.29, 1.82) is 0 Å². The van der Waals surface area contributed by atoms with Crippen molar-refractivity contribution in [3.63, 3.8) is 0 Å². The van der Waals surface area contributed by atoms with Crippen molar-refractivity contribution in [3.8, 4) is 5.75 Å². The van der Waals surface area contributed by atoms with E-state index in [1.165, 1.54) is 11.3 Å². The van der Waals surface area contributed by atoms with Crippen molar-refractivity contribution in [3.05, 3.63) is 36.6 Å². The molecule has 2 aromatic heterocycles. The van der Waals surface area contributed by atoms with Crippen molar-refractivity contribution < 1.29 is 14.6 Å². The maximum atomic E-state index is 11.0. The largest absolute Gasteiger partial charge is 0.486 e. The Morgan fingerprint density at radius 2 is 2.35 bits per heavy atom. The van der Waals surface area contributed by atoms with Crippen LogP contribution >= 0.6 is 38.6 Å². The average Bonchev–Trinajstić information content (AvgIpc) is 2.82. The number of rotatable bonds is 4. The van der Waals surface area contributed by atoms with Gasteiger partial charge in [-0.25, -0.2) is 4.79 Å². The van der Waals surface area contributed by atoms with Gasteiger partial charge in [-0.2, -0.15) is 0 Å². The molecule has 90 valence electrons. The van der Waals surface area contributed by atoms with Crippen LogP contribution in [-0.2, 0) is 6.61 Å². The van der Waals surface area contributed by atoms with Gasteiger partial charge >= 0.3 is 5.97 Å². The lowest BCUT2D eigenvalue weighted by molar-refractivity contribution is 0.0697. The highest BCUT2D eigenvalue weighted by Crippen LogP contribution is 2.31. The fourth-order valence-corrected chi connectivity index (χ4v) is 3.49. The molecule has 0 fully saturated rings. The fourth-order valence-electron chi connectivity index (χ4n) is 1.32. The van der Waals surface area contributed by atoms with Gasteiger partial charge in [-0.3, -0.25) is 0 Å². The second-order valence-corrected chi connectivity index (χ2v) is 6.45. The number of carboxylic acid groups (broad SMARTS) is 1. The Hall–Kier alpha value is -0.850. The van der Waals surface area contributed by atoms with Crippen LogP contribution in [0.4, 0.5) is 0 Å². The summed E-state index contributed by atoms with van der Waals surface area (Å²) in [6.07, 6.45) is 0. The summed E-state index contributed by atoms with van der Waals surface area (Å²) in [5.74, 6) is -0.497. The highest BCUT2D eigenvalue weighted by atomic mass is 79.9. The van der Waals surface area contributed by atoms with Crippen LogP contribution in [0.5, 0.6) is 5.75 Å². The first-order valence-corrected chi connectivity index (χ1v) is 7.25.